The van der Waals surface area contributed by atoms with Crippen molar-refractivity contribution in [2.24, 2.45) is 0 Å². The molecular formula is C16H30. The highest BCUT2D eigenvalue weighted by Crippen LogP contribution is 2.07. The summed E-state index contributed by atoms with van der Waals surface area (Å²) in [5, 5.41) is 0. The summed E-state index contributed by atoms with van der Waals surface area (Å²) in [6.45, 7) is 6.00. The van der Waals surface area contributed by atoms with Gasteiger partial charge in [-0.1, -0.05) is 57.3 Å². The third-order valence-electron chi connectivity index (χ3n) is 2.92. The highest BCUT2D eigenvalue weighted by molar-refractivity contribution is 4.81. The molecule has 0 heteroatoms. The van der Waals surface area contributed by atoms with Gasteiger partial charge in [0.1, 0.15) is 0 Å². The molecule has 0 aliphatic heterocycles. The second kappa shape index (κ2) is 14.5. The average Bonchev–Trinajstić information content (AvgIpc) is 2.31. The van der Waals surface area contributed by atoms with Gasteiger partial charge < -0.3 is 0 Å². The predicted octanol–water partition coefficient (Wildman–Crippen LogP) is 6.04. The largest absolute Gasteiger partial charge is 0.103 e. The van der Waals surface area contributed by atoms with E-state index in [4.69, 9.17) is 0 Å². The lowest BCUT2D eigenvalue weighted by Crippen LogP contribution is -1.77. The highest BCUT2D eigenvalue weighted by atomic mass is 13.9. The van der Waals surface area contributed by atoms with Gasteiger partial charge in [0, 0.05) is 0 Å². The summed E-state index contributed by atoms with van der Waals surface area (Å²) in [7, 11) is 0. The van der Waals surface area contributed by atoms with E-state index in [9.17, 15) is 0 Å². The molecule has 0 aromatic heterocycles. The number of allylic oxidation sites excluding steroid dienone is 3. The number of unbranched alkanes of at least 4 members (excludes halogenated alkanes) is 9. The Hall–Kier alpha value is -0.520. The number of hydrogen-bond donors (Lipinski definition) is 0. The van der Waals surface area contributed by atoms with Crippen LogP contribution in [-0.4, -0.2) is 0 Å². The molecule has 0 saturated carbocycles. The minimum Gasteiger partial charge on any atom is -0.103 e. The van der Waals surface area contributed by atoms with Crippen molar-refractivity contribution in [3.8, 4) is 0 Å². The Morgan fingerprint density at radius 1 is 0.688 bits per heavy atom. The molecule has 0 aromatic carbocycles. The van der Waals surface area contributed by atoms with Crippen LogP contribution in [0.3, 0.4) is 0 Å². The molecule has 16 heavy (non-hydrogen) atoms. The lowest BCUT2D eigenvalue weighted by molar-refractivity contribution is 0.650. The van der Waals surface area contributed by atoms with Crippen LogP contribution in [0.15, 0.2) is 24.8 Å². The zero-order chi connectivity index (χ0) is 11.9. The summed E-state index contributed by atoms with van der Waals surface area (Å²) >= 11 is 0. The SMILES string of the molecule is C=CCCCCCC/C=C\CCCCCC. The Bertz CT molecular complexity index is 155. The Labute approximate surface area is 103 Å². The third kappa shape index (κ3) is 13.5. The minimum atomic E-state index is 1.19. The smallest absolute Gasteiger partial charge is 0.0351 e. The zero-order valence-corrected chi connectivity index (χ0v) is 11.2. The van der Waals surface area contributed by atoms with Crippen molar-refractivity contribution < 1.29 is 0 Å². The van der Waals surface area contributed by atoms with Crippen LogP contribution in [0.2, 0.25) is 0 Å². The first-order valence-corrected chi connectivity index (χ1v) is 7.17. The van der Waals surface area contributed by atoms with Crippen molar-refractivity contribution in [2.45, 2.75) is 77.6 Å². The van der Waals surface area contributed by atoms with Crippen LogP contribution < -0.4 is 0 Å². The Balaban J connectivity index is 3.00. The molecule has 0 fully saturated rings. The van der Waals surface area contributed by atoms with Crippen molar-refractivity contribution in [1.82, 2.24) is 0 Å². The van der Waals surface area contributed by atoms with Crippen LogP contribution >= 0.6 is 0 Å². The molecule has 0 radical (unpaired) electrons. The van der Waals surface area contributed by atoms with E-state index in [0.29, 0.717) is 0 Å². The van der Waals surface area contributed by atoms with Gasteiger partial charge in [0.2, 0.25) is 0 Å². The van der Waals surface area contributed by atoms with Crippen LogP contribution in [0.5, 0.6) is 0 Å². The van der Waals surface area contributed by atoms with E-state index in [1.807, 2.05) is 6.08 Å². The second-order valence-corrected chi connectivity index (χ2v) is 4.60. The summed E-state index contributed by atoms with van der Waals surface area (Å²) in [4.78, 5) is 0. The van der Waals surface area contributed by atoms with E-state index in [0.717, 1.165) is 0 Å². The molecule has 0 nitrogen and oxygen atoms in total. The van der Waals surface area contributed by atoms with E-state index in [-0.39, 0.29) is 0 Å². The molecule has 0 aromatic rings. The molecule has 0 aliphatic carbocycles. The zero-order valence-electron chi connectivity index (χ0n) is 11.2. The van der Waals surface area contributed by atoms with E-state index in [2.05, 4.69) is 25.7 Å². The standard InChI is InChI=1S/C16H30/c1-3-5-7-9-11-13-15-16-14-12-10-8-6-4-2/h3,14,16H,1,4-13,15H2,2H3/b16-14-. The lowest BCUT2D eigenvalue weighted by atomic mass is 10.1. The molecule has 0 heterocycles. The fourth-order valence-corrected chi connectivity index (χ4v) is 1.83. The summed E-state index contributed by atoms with van der Waals surface area (Å²) in [5.74, 6) is 0. The van der Waals surface area contributed by atoms with Crippen molar-refractivity contribution in [2.75, 3.05) is 0 Å². The first-order chi connectivity index (χ1) is 7.91. The maximum Gasteiger partial charge on any atom is -0.0351 e. The summed E-state index contributed by atoms with van der Waals surface area (Å²) in [6, 6.07) is 0. The normalized spacial score (nSPS) is 11.1. The molecule has 0 unspecified atom stereocenters. The first-order valence-electron chi connectivity index (χ1n) is 7.17. The van der Waals surface area contributed by atoms with Crippen molar-refractivity contribution in [3.05, 3.63) is 24.8 Å². The average molecular weight is 222 g/mol. The third-order valence-corrected chi connectivity index (χ3v) is 2.92. The summed E-state index contributed by atoms with van der Waals surface area (Å²) in [6.07, 6.45) is 21.5. The van der Waals surface area contributed by atoms with Crippen LogP contribution in [0.25, 0.3) is 0 Å². The van der Waals surface area contributed by atoms with Gasteiger partial charge in [0.25, 0.3) is 0 Å². The minimum absolute atomic E-state index is 1.19. The van der Waals surface area contributed by atoms with Gasteiger partial charge in [-0.2, -0.15) is 0 Å². The maximum atomic E-state index is 3.74. The second-order valence-electron chi connectivity index (χ2n) is 4.60. The summed E-state index contributed by atoms with van der Waals surface area (Å²) in [5.41, 5.74) is 0. The fraction of sp³-hybridized carbons (Fsp3) is 0.750. The van der Waals surface area contributed by atoms with Crippen LogP contribution in [0.4, 0.5) is 0 Å². The lowest BCUT2D eigenvalue weighted by Gasteiger charge is -1.97. The van der Waals surface area contributed by atoms with Crippen LogP contribution in [0.1, 0.15) is 77.6 Å². The van der Waals surface area contributed by atoms with Crippen molar-refractivity contribution >= 4 is 0 Å². The van der Waals surface area contributed by atoms with Crippen LogP contribution in [-0.2, 0) is 0 Å². The van der Waals surface area contributed by atoms with E-state index in [1.165, 1.54) is 70.6 Å². The predicted molar refractivity (Wildman–Crippen MR) is 75.8 cm³/mol. The molecule has 0 atom stereocenters. The fourth-order valence-electron chi connectivity index (χ4n) is 1.83. The Morgan fingerprint density at radius 3 is 1.69 bits per heavy atom. The monoisotopic (exact) mass is 222 g/mol. The van der Waals surface area contributed by atoms with Crippen LogP contribution in [0, 0.1) is 0 Å². The maximum absolute atomic E-state index is 3.74. The van der Waals surface area contributed by atoms with E-state index < -0.39 is 0 Å². The van der Waals surface area contributed by atoms with Gasteiger partial charge in [-0.25, -0.2) is 0 Å². The van der Waals surface area contributed by atoms with E-state index in [1.54, 1.807) is 0 Å². The van der Waals surface area contributed by atoms with E-state index >= 15 is 0 Å². The van der Waals surface area contributed by atoms with Gasteiger partial charge in [0.05, 0.1) is 0 Å². The van der Waals surface area contributed by atoms with Crippen molar-refractivity contribution in [1.29, 1.82) is 0 Å². The Morgan fingerprint density at radius 2 is 1.19 bits per heavy atom. The topological polar surface area (TPSA) is 0 Å². The molecule has 0 amide bonds. The molecule has 0 N–H and O–H groups in total. The number of hydrogen-bond acceptors (Lipinski definition) is 0. The molecule has 0 aliphatic rings. The van der Waals surface area contributed by atoms with Crippen molar-refractivity contribution in [3.63, 3.8) is 0 Å². The number of rotatable bonds is 12. The first kappa shape index (κ1) is 15.5. The molecule has 0 bridgehead atoms. The quantitative estimate of drug-likeness (QED) is 0.279. The van der Waals surface area contributed by atoms with Gasteiger partial charge in [-0.05, 0) is 38.5 Å². The molecular weight excluding hydrogens is 192 g/mol. The van der Waals surface area contributed by atoms with Gasteiger partial charge >= 0.3 is 0 Å². The van der Waals surface area contributed by atoms with Gasteiger partial charge in [-0.15, -0.1) is 6.58 Å². The summed E-state index contributed by atoms with van der Waals surface area (Å²) < 4.78 is 0. The highest BCUT2D eigenvalue weighted by Gasteiger charge is 1.87. The van der Waals surface area contributed by atoms with Gasteiger partial charge in [-0.3, -0.25) is 0 Å². The van der Waals surface area contributed by atoms with Gasteiger partial charge in [0.15, 0.2) is 0 Å². The molecule has 0 rings (SSSR count). The molecule has 0 spiro atoms. The molecule has 0 saturated heterocycles. The Kier molecular flexibility index (Phi) is 14.0. The molecule has 94 valence electrons.